The van der Waals surface area contributed by atoms with Crippen LogP contribution in [-0.4, -0.2) is 67.5 Å². The second-order valence-electron chi connectivity index (χ2n) is 8.09. The average Bonchev–Trinajstić information content (AvgIpc) is 3.06. The van der Waals surface area contributed by atoms with Crippen LogP contribution in [0.3, 0.4) is 0 Å². The molecule has 174 valence electrons. The molecular formula is C23H29FN2O6. The molecule has 1 aromatic heterocycles. The summed E-state index contributed by atoms with van der Waals surface area (Å²) in [5.74, 6) is 5.11. The quantitative estimate of drug-likeness (QED) is 0.488. The van der Waals surface area contributed by atoms with Crippen LogP contribution in [0.4, 0.5) is 4.39 Å². The molecule has 0 aliphatic carbocycles. The van der Waals surface area contributed by atoms with E-state index in [9.17, 15) is 24.8 Å². The van der Waals surface area contributed by atoms with Gasteiger partial charge < -0.3 is 29.9 Å². The van der Waals surface area contributed by atoms with Gasteiger partial charge in [-0.05, 0) is 45.4 Å². The Hall–Kier alpha value is -2.48. The Balaban J connectivity index is 1.93. The van der Waals surface area contributed by atoms with Crippen molar-refractivity contribution in [3.63, 3.8) is 0 Å². The van der Waals surface area contributed by atoms with E-state index in [1.165, 1.54) is 6.07 Å². The van der Waals surface area contributed by atoms with E-state index in [0.29, 0.717) is 23.1 Å². The molecule has 5 atom stereocenters. The summed E-state index contributed by atoms with van der Waals surface area (Å²) in [5.41, 5.74) is 2.43. The first-order chi connectivity index (χ1) is 15.2. The molecule has 2 heterocycles. The van der Waals surface area contributed by atoms with Crippen molar-refractivity contribution in [3.05, 3.63) is 46.4 Å². The molecule has 9 heteroatoms. The average molecular weight is 448 g/mol. The van der Waals surface area contributed by atoms with Gasteiger partial charge in [0, 0.05) is 23.7 Å². The summed E-state index contributed by atoms with van der Waals surface area (Å²) < 4.78 is 27.4. The number of ether oxygens (including phenoxy) is 2. The molecule has 1 aromatic carbocycles. The van der Waals surface area contributed by atoms with E-state index in [1.54, 1.807) is 23.7 Å². The number of rotatable bonds is 6. The molecule has 0 unspecified atom stereocenters. The molecule has 1 fully saturated rings. The molecule has 0 radical (unpaired) electrons. The van der Waals surface area contributed by atoms with Crippen molar-refractivity contribution in [2.45, 2.75) is 70.9 Å². The highest BCUT2D eigenvalue weighted by Gasteiger charge is 2.45. The Bertz CT molecular complexity index is 1010. The Morgan fingerprint density at radius 2 is 1.94 bits per heavy atom. The number of hydrogen-bond donors (Lipinski definition) is 4. The van der Waals surface area contributed by atoms with Crippen molar-refractivity contribution < 1.29 is 34.3 Å². The number of halogens is 1. The van der Waals surface area contributed by atoms with Gasteiger partial charge in [0.05, 0.1) is 12.2 Å². The van der Waals surface area contributed by atoms with E-state index >= 15 is 0 Å². The molecule has 0 bridgehead atoms. The molecule has 0 amide bonds. The fourth-order valence-corrected chi connectivity index (χ4v) is 3.71. The monoisotopic (exact) mass is 448 g/mol. The van der Waals surface area contributed by atoms with Gasteiger partial charge in [-0.1, -0.05) is 12.0 Å². The van der Waals surface area contributed by atoms with Crippen molar-refractivity contribution in [3.8, 4) is 17.7 Å². The van der Waals surface area contributed by atoms with Crippen molar-refractivity contribution >= 4 is 0 Å². The number of hydrogen-bond acceptors (Lipinski definition) is 7. The van der Waals surface area contributed by atoms with E-state index in [0.717, 1.165) is 5.69 Å². The van der Waals surface area contributed by atoms with E-state index in [2.05, 4.69) is 16.9 Å². The largest absolute Gasteiger partial charge is 0.443 e. The van der Waals surface area contributed by atoms with Gasteiger partial charge >= 0.3 is 0 Å². The van der Waals surface area contributed by atoms with Crippen LogP contribution < -0.4 is 4.74 Å². The van der Waals surface area contributed by atoms with E-state index in [4.69, 9.17) is 9.47 Å². The first kappa shape index (κ1) is 24.2. The summed E-state index contributed by atoms with van der Waals surface area (Å²) in [7, 11) is 0. The van der Waals surface area contributed by atoms with Crippen molar-refractivity contribution in [2.24, 2.45) is 0 Å². The normalized spacial score (nSPS) is 25.5. The molecule has 1 aliphatic heterocycles. The standard InChI is InChI=1S/C23H29FN2O6/c1-5-6-15-8-7-14(10-17(15)24)9-16-13(4)26(12(2)3)25-22(16)32-23-21(30)20(29)19(28)18(11-27)31-23/h7-8,10,12,18-21,23,27-30H,9,11H2,1-4H3/t18-,19-,20+,21-,23-/m1/s1. The molecule has 1 aliphatic rings. The Morgan fingerprint density at radius 3 is 2.53 bits per heavy atom. The summed E-state index contributed by atoms with van der Waals surface area (Å²) in [6, 6.07) is 4.79. The van der Waals surface area contributed by atoms with Crippen LogP contribution in [0.2, 0.25) is 0 Å². The maximum absolute atomic E-state index is 14.4. The van der Waals surface area contributed by atoms with E-state index in [-0.39, 0.29) is 11.9 Å². The summed E-state index contributed by atoms with van der Waals surface area (Å²) in [6.45, 7) is 6.82. The zero-order valence-electron chi connectivity index (χ0n) is 18.5. The van der Waals surface area contributed by atoms with Gasteiger partial charge in [-0.25, -0.2) is 4.39 Å². The van der Waals surface area contributed by atoms with Crippen molar-refractivity contribution in [1.29, 1.82) is 0 Å². The van der Waals surface area contributed by atoms with Gasteiger partial charge in [0.15, 0.2) is 0 Å². The molecule has 2 aromatic rings. The zero-order valence-corrected chi connectivity index (χ0v) is 18.5. The highest BCUT2D eigenvalue weighted by Crippen LogP contribution is 2.30. The highest BCUT2D eigenvalue weighted by molar-refractivity contribution is 5.41. The van der Waals surface area contributed by atoms with Gasteiger partial charge in [-0.15, -0.1) is 11.0 Å². The Kier molecular flexibility index (Phi) is 7.54. The highest BCUT2D eigenvalue weighted by atomic mass is 19.1. The van der Waals surface area contributed by atoms with Gasteiger partial charge in [-0.2, -0.15) is 0 Å². The van der Waals surface area contributed by atoms with Crippen LogP contribution in [-0.2, 0) is 11.2 Å². The number of aromatic nitrogens is 2. The predicted octanol–water partition coefficient (Wildman–Crippen LogP) is 1.05. The van der Waals surface area contributed by atoms with Gasteiger partial charge in [0.2, 0.25) is 12.2 Å². The van der Waals surface area contributed by atoms with Crippen molar-refractivity contribution in [1.82, 2.24) is 9.78 Å². The van der Waals surface area contributed by atoms with Crippen LogP contribution >= 0.6 is 0 Å². The SMILES string of the molecule is CC#Cc1ccc(Cc2c(O[C@H]3O[C@H](CO)[C@@H](O)[C@H](O)[C@H]3O)nn(C(C)C)c2C)cc1F. The molecule has 1 saturated heterocycles. The number of benzene rings is 1. The summed E-state index contributed by atoms with van der Waals surface area (Å²) in [6.07, 6.45) is -6.78. The summed E-state index contributed by atoms with van der Waals surface area (Å²) >= 11 is 0. The Morgan fingerprint density at radius 1 is 1.22 bits per heavy atom. The lowest BCUT2D eigenvalue weighted by Gasteiger charge is -2.39. The minimum absolute atomic E-state index is 0.000147. The van der Waals surface area contributed by atoms with E-state index in [1.807, 2.05) is 20.8 Å². The molecule has 0 saturated carbocycles. The second kappa shape index (κ2) is 9.98. The lowest BCUT2D eigenvalue weighted by molar-refractivity contribution is -0.278. The zero-order chi connectivity index (χ0) is 23.6. The minimum Gasteiger partial charge on any atom is -0.443 e. The molecule has 32 heavy (non-hydrogen) atoms. The summed E-state index contributed by atoms with van der Waals surface area (Å²) in [4.78, 5) is 0. The lowest BCUT2D eigenvalue weighted by Crippen LogP contribution is -2.60. The maximum atomic E-state index is 14.4. The van der Waals surface area contributed by atoms with Crippen LogP contribution in [0.15, 0.2) is 18.2 Å². The van der Waals surface area contributed by atoms with Gasteiger partial charge in [0.1, 0.15) is 30.2 Å². The first-order valence-corrected chi connectivity index (χ1v) is 10.4. The Labute approximate surface area is 186 Å². The predicted molar refractivity (Wildman–Crippen MR) is 114 cm³/mol. The van der Waals surface area contributed by atoms with Crippen LogP contribution in [0.5, 0.6) is 5.88 Å². The smallest absolute Gasteiger partial charge is 0.239 e. The van der Waals surface area contributed by atoms with E-state index < -0.39 is 43.1 Å². The third-order valence-corrected chi connectivity index (χ3v) is 5.48. The first-order valence-electron chi connectivity index (χ1n) is 10.4. The molecular weight excluding hydrogens is 419 g/mol. The molecule has 8 nitrogen and oxygen atoms in total. The summed E-state index contributed by atoms with van der Waals surface area (Å²) in [5, 5.41) is 44.2. The minimum atomic E-state index is -1.57. The van der Waals surface area contributed by atoms with Crippen LogP contribution in [0.25, 0.3) is 0 Å². The maximum Gasteiger partial charge on any atom is 0.239 e. The van der Waals surface area contributed by atoms with Crippen LogP contribution in [0, 0.1) is 24.6 Å². The fraction of sp³-hybridized carbons (Fsp3) is 0.522. The van der Waals surface area contributed by atoms with Gasteiger partial charge in [-0.3, -0.25) is 4.68 Å². The molecule has 3 rings (SSSR count). The van der Waals surface area contributed by atoms with Crippen LogP contribution in [0.1, 0.15) is 49.2 Å². The third-order valence-electron chi connectivity index (χ3n) is 5.48. The second-order valence-corrected chi connectivity index (χ2v) is 8.09. The number of aliphatic hydroxyl groups excluding tert-OH is 4. The van der Waals surface area contributed by atoms with Crippen molar-refractivity contribution in [2.75, 3.05) is 6.61 Å². The number of aliphatic hydroxyl groups is 4. The third kappa shape index (κ3) is 4.80. The lowest BCUT2D eigenvalue weighted by atomic mass is 9.99. The number of nitrogens with zero attached hydrogens (tertiary/aromatic N) is 2. The van der Waals surface area contributed by atoms with Gasteiger partial charge in [0.25, 0.3) is 0 Å². The fourth-order valence-electron chi connectivity index (χ4n) is 3.71. The molecule has 4 N–H and O–H groups in total. The topological polar surface area (TPSA) is 117 Å². The molecule has 0 spiro atoms.